The number of benzene rings is 2. The average Bonchev–Trinajstić information content (AvgIpc) is 2.17. The molecule has 0 aliphatic rings. The van der Waals surface area contributed by atoms with Crippen LogP contribution in [0.3, 0.4) is 0 Å². The van der Waals surface area contributed by atoms with Crippen LogP contribution in [-0.2, 0) is 0 Å². The zero-order valence-corrected chi connectivity index (χ0v) is 12.0. The fourth-order valence-electron chi connectivity index (χ4n) is 1.52. The minimum absolute atomic E-state index is 0. The van der Waals surface area contributed by atoms with Crippen molar-refractivity contribution in [1.82, 2.24) is 0 Å². The van der Waals surface area contributed by atoms with E-state index in [4.69, 9.17) is 0 Å². The Morgan fingerprint density at radius 3 is 2.40 bits per heavy atom. The van der Waals surface area contributed by atoms with Crippen LogP contribution in [0.5, 0.6) is 0 Å². The Labute approximate surface area is 117 Å². The van der Waals surface area contributed by atoms with Gasteiger partial charge in [-0.25, -0.2) is 0 Å². The molecular formula is C12H12BrMgN. The van der Waals surface area contributed by atoms with Crippen LogP contribution in [-0.4, -0.2) is 37.1 Å². The first kappa shape index (κ1) is 14.7. The van der Waals surface area contributed by atoms with E-state index in [1.165, 1.54) is 16.5 Å². The predicted molar refractivity (Wildman–Crippen MR) is 62.9 cm³/mol. The second-order valence-electron chi connectivity index (χ2n) is 3.30. The van der Waals surface area contributed by atoms with E-state index in [0.29, 0.717) is 0 Å². The van der Waals surface area contributed by atoms with Crippen LogP contribution in [0.4, 0.5) is 5.69 Å². The van der Waals surface area contributed by atoms with Gasteiger partial charge in [0.05, 0.1) is 0 Å². The average molecular weight is 274 g/mol. The maximum Gasteiger partial charge on any atom is 2.00 e. The largest absolute Gasteiger partial charge is 2.00 e. The Kier molecular flexibility index (Phi) is 6.25. The first-order valence-corrected chi connectivity index (χ1v) is 4.36. The van der Waals surface area contributed by atoms with Gasteiger partial charge in [-0.2, -0.15) is 0 Å². The van der Waals surface area contributed by atoms with Crippen molar-refractivity contribution in [1.29, 1.82) is 0 Å². The molecule has 1 nitrogen and oxygen atoms in total. The molecule has 2 aromatic rings. The minimum Gasteiger partial charge on any atom is -1.00 e. The van der Waals surface area contributed by atoms with Crippen LogP contribution < -0.4 is 21.9 Å². The van der Waals surface area contributed by atoms with Gasteiger partial charge in [0.1, 0.15) is 0 Å². The van der Waals surface area contributed by atoms with Crippen LogP contribution >= 0.6 is 0 Å². The summed E-state index contributed by atoms with van der Waals surface area (Å²) in [6, 6.07) is 15.6. The van der Waals surface area contributed by atoms with E-state index in [1.807, 2.05) is 12.1 Å². The molecule has 0 saturated carbocycles. The summed E-state index contributed by atoms with van der Waals surface area (Å²) in [6.07, 6.45) is 0. The third kappa shape index (κ3) is 3.10. The van der Waals surface area contributed by atoms with Crippen molar-refractivity contribution in [3.05, 3.63) is 42.5 Å². The van der Waals surface area contributed by atoms with Gasteiger partial charge in [-0.1, -0.05) is 17.5 Å². The fraction of sp³-hybridized carbons (Fsp3) is 0.167. The summed E-state index contributed by atoms with van der Waals surface area (Å²) in [5.41, 5.74) is 1.24. The van der Waals surface area contributed by atoms with Gasteiger partial charge in [-0.3, -0.25) is 0 Å². The molecule has 0 bridgehead atoms. The third-order valence-corrected chi connectivity index (χ3v) is 2.16. The summed E-state index contributed by atoms with van der Waals surface area (Å²) in [5.74, 6) is 0. The fourth-order valence-corrected chi connectivity index (χ4v) is 1.52. The second kappa shape index (κ2) is 6.36. The molecule has 0 atom stereocenters. The molecule has 0 aliphatic carbocycles. The molecule has 0 aromatic heterocycles. The van der Waals surface area contributed by atoms with Gasteiger partial charge in [0.15, 0.2) is 0 Å². The van der Waals surface area contributed by atoms with E-state index in [2.05, 4.69) is 49.3 Å². The standard InChI is InChI=1S/C12H12N.BrH.Mg/c1-13(2)12-9-5-7-10-6-3-4-8-11(10)12;;/h3-6,8-9H,1-2H3;1H;/q-1;;+2/p-1. The zero-order valence-electron chi connectivity index (χ0n) is 9.00. The zero-order chi connectivity index (χ0) is 9.26. The van der Waals surface area contributed by atoms with E-state index in [-0.39, 0.29) is 40.0 Å². The monoisotopic (exact) mass is 273 g/mol. The maximum atomic E-state index is 3.22. The molecule has 0 aliphatic heterocycles. The van der Waals surface area contributed by atoms with Gasteiger partial charge in [-0.05, 0) is 5.69 Å². The number of hydrogen-bond acceptors (Lipinski definition) is 1. The molecule has 2 aromatic carbocycles. The topological polar surface area (TPSA) is 3.24 Å². The van der Waals surface area contributed by atoms with Gasteiger partial charge >= 0.3 is 23.1 Å². The smallest absolute Gasteiger partial charge is 1.00 e. The molecule has 74 valence electrons. The predicted octanol–water partition coefficient (Wildman–Crippen LogP) is -0.671. The molecule has 2 rings (SSSR count). The second-order valence-corrected chi connectivity index (χ2v) is 3.30. The van der Waals surface area contributed by atoms with E-state index in [9.17, 15) is 0 Å². The molecule has 3 heteroatoms. The molecule has 0 unspecified atom stereocenters. The van der Waals surface area contributed by atoms with Gasteiger partial charge in [0, 0.05) is 14.1 Å². The molecule has 15 heavy (non-hydrogen) atoms. The van der Waals surface area contributed by atoms with Crippen molar-refractivity contribution < 1.29 is 17.0 Å². The number of fused-ring (bicyclic) bond motifs is 1. The molecular weight excluding hydrogens is 262 g/mol. The van der Waals surface area contributed by atoms with Crippen molar-refractivity contribution in [2.24, 2.45) is 0 Å². The van der Waals surface area contributed by atoms with Crippen molar-refractivity contribution in [3.8, 4) is 0 Å². The third-order valence-electron chi connectivity index (χ3n) is 2.16. The molecule has 0 saturated heterocycles. The van der Waals surface area contributed by atoms with Gasteiger partial charge in [-0.15, -0.1) is 35.7 Å². The van der Waals surface area contributed by atoms with Gasteiger partial charge in [0.2, 0.25) is 0 Å². The van der Waals surface area contributed by atoms with E-state index in [1.54, 1.807) is 0 Å². The Morgan fingerprint density at radius 2 is 1.73 bits per heavy atom. The summed E-state index contributed by atoms with van der Waals surface area (Å²) in [6.45, 7) is 0. The summed E-state index contributed by atoms with van der Waals surface area (Å²) >= 11 is 0. The first-order valence-electron chi connectivity index (χ1n) is 4.36. The van der Waals surface area contributed by atoms with Crippen LogP contribution in [0, 0.1) is 6.07 Å². The Balaban J connectivity index is 0.000000980. The normalized spacial score (nSPS) is 8.93. The Morgan fingerprint density at radius 1 is 1.07 bits per heavy atom. The molecule has 0 radical (unpaired) electrons. The maximum absolute atomic E-state index is 3.22. The number of halogens is 1. The summed E-state index contributed by atoms with van der Waals surface area (Å²) < 4.78 is 0. The molecule has 0 fully saturated rings. The Hall–Kier alpha value is -0.254. The molecule has 0 spiro atoms. The number of anilines is 1. The quantitative estimate of drug-likeness (QED) is 0.492. The first-order chi connectivity index (χ1) is 6.29. The Bertz CT molecular complexity index is 423. The number of rotatable bonds is 1. The van der Waals surface area contributed by atoms with Crippen molar-refractivity contribution in [2.45, 2.75) is 0 Å². The van der Waals surface area contributed by atoms with Crippen LogP contribution in [0.25, 0.3) is 10.8 Å². The van der Waals surface area contributed by atoms with E-state index in [0.717, 1.165) is 0 Å². The van der Waals surface area contributed by atoms with Gasteiger partial charge in [0.25, 0.3) is 0 Å². The van der Waals surface area contributed by atoms with E-state index < -0.39 is 0 Å². The SMILES string of the molecule is CN(C)c1cc[c-]c2ccccc12.[Br-].[Mg+2]. The van der Waals surface area contributed by atoms with Crippen LogP contribution in [0.1, 0.15) is 0 Å². The number of nitrogens with zero attached hydrogens (tertiary/aromatic N) is 1. The number of hydrogen-bond donors (Lipinski definition) is 0. The summed E-state index contributed by atoms with van der Waals surface area (Å²) in [7, 11) is 4.11. The van der Waals surface area contributed by atoms with Crippen molar-refractivity contribution in [2.75, 3.05) is 19.0 Å². The van der Waals surface area contributed by atoms with Gasteiger partial charge < -0.3 is 21.9 Å². The van der Waals surface area contributed by atoms with Crippen molar-refractivity contribution in [3.63, 3.8) is 0 Å². The summed E-state index contributed by atoms with van der Waals surface area (Å²) in [5, 5.41) is 2.43. The molecule has 0 N–H and O–H groups in total. The van der Waals surface area contributed by atoms with Crippen LogP contribution in [0.15, 0.2) is 36.4 Å². The van der Waals surface area contributed by atoms with Crippen molar-refractivity contribution >= 4 is 39.5 Å². The minimum atomic E-state index is 0. The van der Waals surface area contributed by atoms with Crippen LogP contribution in [0.2, 0.25) is 0 Å². The van der Waals surface area contributed by atoms with E-state index >= 15 is 0 Å². The molecule has 0 heterocycles. The molecule has 0 amide bonds. The summed E-state index contributed by atoms with van der Waals surface area (Å²) in [4.78, 5) is 2.12.